The van der Waals surface area contributed by atoms with Crippen LogP contribution in [0.5, 0.6) is 11.5 Å². The van der Waals surface area contributed by atoms with E-state index in [1.54, 1.807) is 21.3 Å². The standard InChI is InChI=1S/C22H26N4O3.HI/c1-23-22(24-12-11-16-9-10-19(27-2)21(13-16)28-3)25-15-18-14-20(29-26-18)17-7-5-4-6-8-17;/h4-10,13-14H,11-12,15H2,1-3H3,(H2,23,24,25);1H. The predicted octanol–water partition coefficient (Wildman–Crippen LogP) is 3.88. The van der Waals surface area contributed by atoms with E-state index in [0.717, 1.165) is 47.0 Å². The Kier molecular flexibility index (Phi) is 9.46. The summed E-state index contributed by atoms with van der Waals surface area (Å²) in [5, 5.41) is 10.7. The summed E-state index contributed by atoms with van der Waals surface area (Å²) in [6, 6.07) is 17.8. The highest BCUT2D eigenvalue weighted by molar-refractivity contribution is 14.0. The number of ether oxygens (including phenoxy) is 2. The molecule has 0 bridgehead atoms. The summed E-state index contributed by atoms with van der Waals surface area (Å²) in [7, 11) is 5.01. The van der Waals surface area contributed by atoms with E-state index in [4.69, 9.17) is 14.0 Å². The molecule has 0 radical (unpaired) electrons. The number of rotatable bonds is 8. The second-order valence-corrected chi connectivity index (χ2v) is 6.34. The van der Waals surface area contributed by atoms with Crippen molar-refractivity contribution in [1.82, 2.24) is 15.8 Å². The molecule has 0 unspecified atom stereocenters. The van der Waals surface area contributed by atoms with Gasteiger partial charge in [-0.05, 0) is 24.1 Å². The molecule has 1 heterocycles. The van der Waals surface area contributed by atoms with Crippen molar-refractivity contribution in [3.63, 3.8) is 0 Å². The Morgan fingerprint density at radius 3 is 2.47 bits per heavy atom. The van der Waals surface area contributed by atoms with Crippen LogP contribution in [0.1, 0.15) is 11.3 Å². The molecule has 0 spiro atoms. The van der Waals surface area contributed by atoms with E-state index >= 15 is 0 Å². The Hall–Kier alpha value is -2.75. The molecule has 2 N–H and O–H groups in total. The Labute approximate surface area is 193 Å². The molecule has 8 heteroatoms. The predicted molar refractivity (Wildman–Crippen MR) is 129 cm³/mol. The molecule has 160 valence electrons. The van der Waals surface area contributed by atoms with Gasteiger partial charge >= 0.3 is 0 Å². The SMILES string of the molecule is CN=C(NCCc1ccc(OC)c(OC)c1)NCc1cc(-c2ccccc2)on1.I. The monoisotopic (exact) mass is 522 g/mol. The van der Waals surface area contributed by atoms with Crippen molar-refractivity contribution < 1.29 is 14.0 Å². The molecule has 0 amide bonds. The zero-order valence-electron chi connectivity index (χ0n) is 17.3. The molecule has 0 aliphatic carbocycles. The Morgan fingerprint density at radius 2 is 1.77 bits per heavy atom. The number of benzene rings is 2. The summed E-state index contributed by atoms with van der Waals surface area (Å²) in [6.45, 7) is 1.25. The van der Waals surface area contributed by atoms with Gasteiger partial charge in [-0.2, -0.15) is 0 Å². The van der Waals surface area contributed by atoms with Crippen LogP contribution in [0.3, 0.4) is 0 Å². The number of hydrogen-bond acceptors (Lipinski definition) is 5. The van der Waals surface area contributed by atoms with Crippen molar-refractivity contribution >= 4 is 29.9 Å². The van der Waals surface area contributed by atoms with Crippen LogP contribution in [0.4, 0.5) is 0 Å². The minimum Gasteiger partial charge on any atom is -0.493 e. The number of halogens is 1. The highest BCUT2D eigenvalue weighted by Gasteiger charge is 2.08. The largest absolute Gasteiger partial charge is 0.493 e. The van der Waals surface area contributed by atoms with Gasteiger partial charge in [0.15, 0.2) is 23.2 Å². The van der Waals surface area contributed by atoms with E-state index in [1.165, 1.54) is 0 Å². The van der Waals surface area contributed by atoms with Crippen molar-refractivity contribution in [3.05, 3.63) is 65.9 Å². The van der Waals surface area contributed by atoms with Crippen LogP contribution in [0, 0.1) is 0 Å². The maximum atomic E-state index is 5.42. The third kappa shape index (κ3) is 6.38. The van der Waals surface area contributed by atoms with E-state index in [-0.39, 0.29) is 24.0 Å². The minimum atomic E-state index is 0. The fourth-order valence-corrected chi connectivity index (χ4v) is 2.89. The lowest BCUT2D eigenvalue weighted by Gasteiger charge is -2.12. The van der Waals surface area contributed by atoms with Crippen molar-refractivity contribution in [2.75, 3.05) is 27.8 Å². The topological polar surface area (TPSA) is 80.9 Å². The quantitative estimate of drug-likeness (QED) is 0.266. The molecule has 7 nitrogen and oxygen atoms in total. The first-order valence-corrected chi connectivity index (χ1v) is 9.40. The number of hydrogen-bond donors (Lipinski definition) is 2. The summed E-state index contributed by atoms with van der Waals surface area (Å²) in [5.41, 5.74) is 2.96. The summed E-state index contributed by atoms with van der Waals surface area (Å²) in [4.78, 5) is 4.25. The number of guanidine groups is 1. The second kappa shape index (κ2) is 12.1. The molecular weight excluding hydrogens is 495 g/mol. The lowest BCUT2D eigenvalue weighted by Crippen LogP contribution is -2.37. The number of aliphatic imine (C=N–C) groups is 1. The number of nitrogens with one attached hydrogen (secondary N) is 2. The molecule has 0 fully saturated rings. The molecule has 0 saturated heterocycles. The van der Waals surface area contributed by atoms with Crippen molar-refractivity contribution in [2.24, 2.45) is 4.99 Å². The molecule has 0 aliphatic heterocycles. The maximum Gasteiger partial charge on any atom is 0.191 e. The van der Waals surface area contributed by atoms with Gasteiger partial charge in [-0.1, -0.05) is 41.6 Å². The lowest BCUT2D eigenvalue weighted by molar-refractivity contribution is 0.354. The van der Waals surface area contributed by atoms with Gasteiger partial charge in [-0.15, -0.1) is 24.0 Å². The van der Waals surface area contributed by atoms with Crippen LogP contribution in [0.15, 0.2) is 64.1 Å². The Morgan fingerprint density at radius 1 is 1.00 bits per heavy atom. The van der Waals surface area contributed by atoms with Crippen LogP contribution < -0.4 is 20.1 Å². The van der Waals surface area contributed by atoms with Gasteiger partial charge in [0.2, 0.25) is 0 Å². The van der Waals surface area contributed by atoms with E-state index in [9.17, 15) is 0 Å². The van der Waals surface area contributed by atoms with Crippen LogP contribution in [-0.4, -0.2) is 38.9 Å². The van der Waals surface area contributed by atoms with Gasteiger partial charge in [0.1, 0.15) is 5.69 Å². The summed E-state index contributed by atoms with van der Waals surface area (Å²) in [6.07, 6.45) is 0.823. The molecule has 2 aromatic carbocycles. The van der Waals surface area contributed by atoms with Gasteiger partial charge in [0, 0.05) is 25.2 Å². The number of nitrogens with zero attached hydrogens (tertiary/aromatic N) is 2. The zero-order chi connectivity index (χ0) is 20.5. The Bertz CT molecular complexity index is 945. The van der Waals surface area contributed by atoms with E-state index in [2.05, 4.69) is 20.8 Å². The van der Waals surface area contributed by atoms with Gasteiger partial charge in [-0.3, -0.25) is 4.99 Å². The fraction of sp³-hybridized carbons (Fsp3) is 0.273. The van der Waals surface area contributed by atoms with Crippen LogP contribution in [-0.2, 0) is 13.0 Å². The van der Waals surface area contributed by atoms with E-state index in [0.29, 0.717) is 12.5 Å². The van der Waals surface area contributed by atoms with Crippen molar-refractivity contribution in [2.45, 2.75) is 13.0 Å². The van der Waals surface area contributed by atoms with Gasteiger partial charge in [0.25, 0.3) is 0 Å². The first kappa shape index (κ1) is 23.5. The smallest absolute Gasteiger partial charge is 0.191 e. The van der Waals surface area contributed by atoms with Crippen molar-refractivity contribution in [1.29, 1.82) is 0 Å². The number of aromatic nitrogens is 1. The first-order valence-electron chi connectivity index (χ1n) is 9.40. The minimum absolute atomic E-state index is 0. The first-order chi connectivity index (χ1) is 14.2. The molecule has 0 saturated carbocycles. The second-order valence-electron chi connectivity index (χ2n) is 6.34. The molecule has 3 aromatic rings. The van der Waals surface area contributed by atoms with E-state index < -0.39 is 0 Å². The Balaban J connectivity index is 0.00000320. The van der Waals surface area contributed by atoms with Gasteiger partial charge in [0.05, 0.1) is 20.8 Å². The lowest BCUT2D eigenvalue weighted by atomic mass is 10.1. The van der Waals surface area contributed by atoms with Crippen LogP contribution >= 0.6 is 24.0 Å². The normalized spacial score (nSPS) is 10.8. The molecular formula is C22H27IN4O3. The summed E-state index contributed by atoms with van der Waals surface area (Å²) >= 11 is 0. The molecule has 1 aromatic heterocycles. The van der Waals surface area contributed by atoms with Crippen LogP contribution in [0.2, 0.25) is 0 Å². The van der Waals surface area contributed by atoms with Crippen molar-refractivity contribution in [3.8, 4) is 22.8 Å². The summed E-state index contributed by atoms with van der Waals surface area (Å²) < 4.78 is 16.0. The molecule has 3 rings (SSSR count). The molecule has 0 atom stereocenters. The van der Waals surface area contributed by atoms with Gasteiger partial charge < -0.3 is 24.6 Å². The third-order valence-corrected chi connectivity index (χ3v) is 4.43. The summed E-state index contributed by atoms with van der Waals surface area (Å²) in [5.74, 6) is 2.91. The maximum absolute atomic E-state index is 5.42. The molecule has 30 heavy (non-hydrogen) atoms. The average Bonchev–Trinajstić information content (AvgIpc) is 3.25. The molecule has 0 aliphatic rings. The fourth-order valence-electron chi connectivity index (χ4n) is 2.89. The van der Waals surface area contributed by atoms with Crippen LogP contribution in [0.25, 0.3) is 11.3 Å². The average molecular weight is 522 g/mol. The zero-order valence-corrected chi connectivity index (χ0v) is 19.7. The third-order valence-electron chi connectivity index (χ3n) is 4.43. The highest BCUT2D eigenvalue weighted by atomic mass is 127. The highest BCUT2D eigenvalue weighted by Crippen LogP contribution is 2.27. The number of methoxy groups -OCH3 is 2. The van der Waals surface area contributed by atoms with Gasteiger partial charge in [-0.25, -0.2) is 0 Å². The van der Waals surface area contributed by atoms with E-state index in [1.807, 2.05) is 54.6 Å².